The van der Waals surface area contributed by atoms with E-state index < -0.39 is 0 Å². The lowest BCUT2D eigenvalue weighted by Crippen LogP contribution is -2.36. The van der Waals surface area contributed by atoms with E-state index in [0.29, 0.717) is 18.3 Å². The number of nitrogens with zero attached hydrogens (tertiary/aromatic N) is 1. The molecule has 2 heterocycles. The number of hydrogen-bond acceptors (Lipinski definition) is 3. The Kier molecular flexibility index (Phi) is 5.43. The van der Waals surface area contributed by atoms with E-state index in [1.165, 1.54) is 25.7 Å². The quantitative estimate of drug-likeness (QED) is 0.908. The zero-order chi connectivity index (χ0) is 15.2. The molecule has 1 aliphatic carbocycles. The fraction of sp³-hybridized carbons (Fsp3) is 0.667. The van der Waals surface area contributed by atoms with Crippen molar-refractivity contribution in [3.63, 3.8) is 0 Å². The smallest absolute Gasteiger partial charge is 0.220 e. The molecule has 1 saturated heterocycles. The van der Waals surface area contributed by atoms with Crippen molar-refractivity contribution < 1.29 is 9.53 Å². The van der Waals surface area contributed by atoms with Crippen LogP contribution in [-0.2, 0) is 9.53 Å². The molecule has 3 rings (SSSR count). The number of nitrogens with one attached hydrogen (secondary N) is 1. The summed E-state index contributed by atoms with van der Waals surface area (Å²) in [6.45, 7) is 1.58. The number of hydrogen-bond donors (Lipinski definition) is 1. The van der Waals surface area contributed by atoms with Crippen LogP contribution in [0.2, 0.25) is 0 Å². The largest absolute Gasteiger partial charge is 0.381 e. The lowest BCUT2D eigenvalue weighted by atomic mass is 9.87. The van der Waals surface area contributed by atoms with E-state index >= 15 is 0 Å². The molecular weight excluding hydrogens is 276 g/mol. The maximum absolute atomic E-state index is 12.5. The molecule has 1 unspecified atom stereocenters. The number of rotatable bonds is 5. The standard InChI is InChI=1S/C18H26N2O2/c21-17(12-14-4-1-2-5-14)20-18(15-7-10-22-11-8-15)16-6-3-9-19-13-16/h3,6,9,13-15,18H,1-2,4-5,7-8,10-12H2,(H,20,21). The maximum Gasteiger partial charge on any atom is 0.220 e. The number of carbonyl (C=O) groups excluding carboxylic acids is 1. The topological polar surface area (TPSA) is 51.2 Å². The third kappa shape index (κ3) is 4.07. The van der Waals surface area contributed by atoms with Crippen molar-refractivity contribution in [3.05, 3.63) is 30.1 Å². The van der Waals surface area contributed by atoms with Gasteiger partial charge in [0.1, 0.15) is 0 Å². The molecule has 1 aliphatic heterocycles. The average molecular weight is 302 g/mol. The van der Waals surface area contributed by atoms with Crippen molar-refractivity contribution in [1.29, 1.82) is 0 Å². The average Bonchev–Trinajstić information content (AvgIpc) is 3.07. The highest BCUT2D eigenvalue weighted by Crippen LogP contribution is 2.31. The van der Waals surface area contributed by atoms with Gasteiger partial charge in [0.15, 0.2) is 0 Å². The van der Waals surface area contributed by atoms with Crippen LogP contribution in [0.3, 0.4) is 0 Å². The van der Waals surface area contributed by atoms with Crippen LogP contribution >= 0.6 is 0 Å². The van der Waals surface area contributed by atoms with Gasteiger partial charge in [-0.15, -0.1) is 0 Å². The van der Waals surface area contributed by atoms with Crippen LogP contribution in [0, 0.1) is 11.8 Å². The van der Waals surface area contributed by atoms with Crippen molar-refractivity contribution in [1.82, 2.24) is 10.3 Å². The van der Waals surface area contributed by atoms with Crippen molar-refractivity contribution in [3.8, 4) is 0 Å². The number of ether oxygens (including phenoxy) is 1. The van der Waals surface area contributed by atoms with Gasteiger partial charge in [-0.25, -0.2) is 0 Å². The summed E-state index contributed by atoms with van der Waals surface area (Å²) in [5, 5.41) is 3.30. The van der Waals surface area contributed by atoms with Gasteiger partial charge in [-0.05, 0) is 49.1 Å². The van der Waals surface area contributed by atoms with E-state index in [2.05, 4.69) is 16.4 Å². The highest BCUT2D eigenvalue weighted by molar-refractivity contribution is 5.76. The molecule has 1 saturated carbocycles. The van der Waals surface area contributed by atoms with Crippen molar-refractivity contribution in [2.75, 3.05) is 13.2 Å². The lowest BCUT2D eigenvalue weighted by Gasteiger charge is -2.31. The Bertz CT molecular complexity index is 465. The molecule has 4 nitrogen and oxygen atoms in total. The maximum atomic E-state index is 12.5. The van der Waals surface area contributed by atoms with Crippen LogP contribution in [0.4, 0.5) is 0 Å². The second kappa shape index (κ2) is 7.73. The van der Waals surface area contributed by atoms with Gasteiger partial charge in [-0.3, -0.25) is 9.78 Å². The first-order chi connectivity index (χ1) is 10.8. The number of pyridine rings is 1. The summed E-state index contributed by atoms with van der Waals surface area (Å²) in [6, 6.07) is 4.10. The molecule has 1 aromatic rings. The molecule has 0 aromatic carbocycles. The molecule has 0 radical (unpaired) electrons. The van der Waals surface area contributed by atoms with Crippen LogP contribution in [0.25, 0.3) is 0 Å². The normalized spacial score (nSPS) is 21.6. The summed E-state index contributed by atoms with van der Waals surface area (Å²) < 4.78 is 5.47. The highest BCUT2D eigenvalue weighted by atomic mass is 16.5. The van der Waals surface area contributed by atoms with Gasteiger partial charge < -0.3 is 10.1 Å². The van der Waals surface area contributed by atoms with Crippen molar-refractivity contribution in [2.24, 2.45) is 11.8 Å². The Labute approximate surface area is 132 Å². The van der Waals surface area contributed by atoms with Gasteiger partial charge in [0.2, 0.25) is 5.91 Å². The summed E-state index contributed by atoms with van der Waals surface area (Å²) >= 11 is 0. The summed E-state index contributed by atoms with van der Waals surface area (Å²) in [6.07, 6.45) is 11.3. The molecule has 2 aliphatic rings. The van der Waals surface area contributed by atoms with Crippen molar-refractivity contribution >= 4 is 5.91 Å². The SMILES string of the molecule is O=C(CC1CCCC1)NC(c1cccnc1)C1CCOCC1. The Morgan fingerprint density at radius 3 is 2.73 bits per heavy atom. The first kappa shape index (κ1) is 15.5. The second-order valence-electron chi connectivity index (χ2n) is 6.64. The number of amides is 1. The molecular formula is C18H26N2O2. The summed E-state index contributed by atoms with van der Waals surface area (Å²) in [5.41, 5.74) is 1.12. The molecule has 2 fully saturated rings. The van der Waals surface area contributed by atoms with Gasteiger partial charge in [-0.2, -0.15) is 0 Å². The first-order valence-corrected chi connectivity index (χ1v) is 8.60. The van der Waals surface area contributed by atoms with Crippen LogP contribution in [-0.4, -0.2) is 24.1 Å². The van der Waals surface area contributed by atoms with Crippen molar-refractivity contribution in [2.45, 2.75) is 51.0 Å². The molecule has 0 bridgehead atoms. The second-order valence-corrected chi connectivity index (χ2v) is 6.64. The summed E-state index contributed by atoms with van der Waals surface area (Å²) in [4.78, 5) is 16.7. The van der Waals surface area contributed by atoms with Gasteiger partial charge in [0, 0.05) is 32.0 Å². The monoisotopic (exact) mass is 302 g/mol. The Morgan fingerprint density at radius 1 is 1.27 bits per heavy atom. The summed E-state index contributed by atoms with van der Waals surface area (Å²) in [5.74, 6) is 1.24. The van der Waals surface area contributed by atoms with E-state index in [4.69, 9.17) is 4.74 Å². The predicted octanol–water partition coefficient (Wildman–Crippen LogP) is 3.25. The molecule has 4 heteroatoms. The highest BCUT2D eigenvalue weighted by Gasteiger charge is 2.28. The van der Waals surface area contributed by atoms with E-state index in [1.54, 1.807) is 6.20 Å². The zero-order valence-electron chi connectivity index (χ0n) is 13.2. The van der Waals surface area contributed by atoms with E-state index in [0.717, 1.165) is 31.6 Å². The third-order valence-electron chi connectivity index (χ3n) is 5.05. The third-order valence-corrected chi connectivity index (χ3v) is 5.05. The van der Waals surface area contributed by atoms with E-state index in [1.807, 2.05) is 12.3 Å². The minimum absolute atomic E-state index is 0.0755. The van der Waals surface area contributed by atoms with Crippen LogP contribution in [0.1, 0.15) is 56.6 Å². The molecule has 1 aromatic heterocycles. The molecule has 1 N–H and O–H groups in total. The lowest BCUT2D eigenvalue weighted by molar-refractivity contribution is -0.123. The van der Waals surface area contributed by atoms with E-state index in [9.17, 15) is 4.79 Å². The van der Waals surface area contributed by atoms with E-state index in [-0.39, 0.29) is 11.9 Å². The van der Waals surface area contributed by atoms with Crippen LogP contribution < -0.4 is 5.32 Å². The number of aromatic nitrogens is 1. The first-order valence-electron chi connectivity index (χ1n) is 8.60. The molecule has 1 atom stereocenters. The minimum atomic E-state index is 0.0755. The molecule has 22 heavy (non-hydrogen) atoms. The van der Waals surface area contributed by atoms with Crippen LogP contribution in [0.5, 0.6) is 0 Å². The van der Waals surface area contributed by atoms with Crippen LogP contribution in [0.15, 0.2) is 24.5 Å². The molecule has 1 amide bonds. The van der Waals surface area contributed by atoms with Gasteiger partial charge in [0.05, 0.1) is 6.04 Å². The van der Waals surface area contributed by atoms with Gasteiger partial charge in [-0.1, -0.05) is 18.9 Å². The fourth-order valence-electron chi connectivity index (χ4n) is 3.79. The molecule has 0 spiro atoms. The minimum Gasteiger partial charge on any atom is -0.381 e. The summed E-state index contributed by atoms with van der Waals surface area (Å²) in [7, 11) is 0. The molecule has 120 valence electrons. The Hall–Kier alpha value is -1.42. The Morgan fingerprint density at radius 2 is 2.05 bits per heavy atom. The fourth-order valence-corrected chi connectivity index (χ4v) is 3.79. The Balaban J connectivity index is 1.66. The van der Waals surface area contributed by atoms with Gasteiger partial charge >= 0.3 is 0 Å². The zero-order valence-corrected chi connectivity index (χ0v) is 13.2. The number of carbonyl (C=O) groups is 1. The van der Waals surface area contributed by atoms with Gasteiger partial charge in [0.25, 0.3) is 0 Å². The predicted molar refractivity (Wildman–Crippen MR) is 85.2 cm³/mol.